The highest BCUT2D eigenvalue weighted by atomic mass is 16.5. The highest BCUT2D eigenvalue weighted by molar-refractivity contribution is 5.70. The molecule has 0 aliphatic heterocycles. The number of rotatable bonds is 10. The maximum Gasteiger partial charge on any atom is 0.302 e. The lowest BCUT2D eigenvalue weighted by atomic mass is 9.86. The lowest BCUT2D eigenvalue weighted by Gasteiger charge is -2.28. The highest BCUT2D eigenvalue weighted by Gasteiger charge is 2.25. The van der Waals surface area contributed by atoms with E-state index in [-0.39, 0.29) is 5.41 Å². The summed E-state index contributed by atoms with van der Waals surface area (Å²) >= 11 is 0. The fourth-order valence-electron chi connectivity index (χ4n) is 3.11. The summed E-state index contributed by atoms with van der Waals surface area (Å²) in [7, 11) is 0. The van der Waals surface area contributed by atoms with Crippen molar-refractivity contribution < 1.29 is 19.4 Å². The van der Waals surface area contributed by atoms with Gasteiger partial charge in [-0.25, -0.2) is 0 Å². The van der Waals surface area contributed by atoms with Gasteiger partial charge in [0.25, 0.3) is 0 Å². The van der Waals surface area contributed by atoms with E-state index < -0.39 is 24.0 Å². The second-order valence-electron chi connectivity index (χ2n) is 8.05. The number of ether oxygens (including phenoxy) is 1. The van der Waals surface area contributed by atoms with E-state index in [0.29, 0.717) is 19.3 Å². The Morgan fingerprint density at radius 2 is 1.69 bits per heavy atom. The Bertz CT molecular complexity index is 569. The number of hydrogen-bond acceptors (Lipinski definition) is 4. The van der Waals surface area contributed by atoms with E-state index in [9.17, 15) is 14.7 Å². The molecule has 0 fully saturated rings. The Balaban J connectivity index is 2.79. The van der Waals surface area contributed by atoms with Crippen molar-refractivity contribution in [3.63, 3.8) is 0 Å². The van der Waals surface area contributed by atoms with Gasteiger partial charge in [0.2, 0.25) is 0 Å². The Morgan fingerprint density at radius 1 is 1.08 bits per heavy atom. The van der Waals surface area contributed by atoms with Crippen molar-refractivity contribution in [1.82, 2.24) is 0 Å². The molecule has 0 saturated carbocycles. The van der Waals surface area contributed by atoms with Gasteiger partial charge in [-0.15, -0.1) is 0 Å². The van der Waals surface area contributed by atoms with Crippen molar-refractivity contribution in [3.8, 4) is 0 Å². The van der Waals surface area contributed by atoms with Crippen LogP contribution < -0.4 is 5.11 Å². The number of carbonyl (C=O) groups excluding carboxylic acids is 2. The van der Waals surface area contributed by atoms with Crippen molar-refractivity contribution in [2.75, 3.05) is 0 Å². The molecule has 0 bridgehead atoms. The number of carboxylic acids is 1. The molecule has 0 heterocycles. The smallest absolute Gasteiger partial charge is 0.302 e. The molecule has 0 aromatic heterocycles. The summed E-state index contributed by atoms with van der Waals surface area (Å²) in [6.07, 6.45) is 3.77. The lowest BCUT2D eigenvalue weighted by molar-refractivity contribution is -0.314. The minimum atomic E-state index is -1.13. The van der Waals surface area contributed by atoms with Crippen molar-refractivity contribution in [3.05, 3.63) is 35.4 Å². The molecule has 1 aromatic carbocycles. The van der Waals surface area contributed by atoms with E-state index in [2.05, 4.69) is 52.0 Å². The molecule has 2 unspecified atom stereocenters. The van der Waals surface area contributed by atoms with Gasteiger partial charge in [0.15, 0.2) is 0 Å². The number of carbonyl (C=O) groups is 2. The number of esters is 1. The molecule has 146 valence electrons. The number of benzene rings is 1. The predicted octanol–water partition coefficient (Wildman–Crippen LogP) is 3.79. The molecule has 1 rings (SSSR count). The SMILES string of the molecule is CCCCCC(C(=O)[O-])C(CCc1ccc(C(C)(C)C)cc1)OC(C)=O. The van der Waals surface area contributed by atoms with Crippen molar-refractivity contribution in [2.24, 2.45) is 5.92 Å². The average Bonchev–Trinajstić information content (AvgIpc) is 2.54. The van der Waals surface area contributed by atoms with Crippen LogP contribution in [0.1, 0.15) is 77.8 Å². The number of carboxylic acid groups (broad SMARTS) is 1. The first-order valence-electron chi connectivity index (χ1n) is 9.62. The number of aryl methyl sites for hydroxylation is 1. The monoisotopic (exact) mass is 361 g/mol. The van der Waals surface area contributed by atoms with Crippen molar-refractivity contribution in [2.45, 2.75) is 84.7 Å². The molecule has 0 amide bonds. The molecule has 2 atom stereocenters. The van der Waals surface area contributed by atoms with Gasteiger partial charge in [-0.05, 0) is 35.8 Å². The molecule has 0 spiro atoms. The summed E-state index contributed by atoms with van der Waals surface area (Å²) in [6, 6.07) is 8.34. The maximum atomic E-state index is 11.6. The van der Waals surface area contributed by atoms with E-state index in [0.717, 1.165) is 24.8 Å². The minimum Gasteiger partial charge on any atom is -0.550 e. The third-order valence-corrected chi connectivity index (χ3v) is 4.73. The van der Waals surface area contributed by atoms with Crippen LogP contribution in [-0.4, -0.2) is 18.0 Å². The van der Waals surface area contributed by atoms with E-state index in [1.807, 2.05) is 0 Å². The molecule has 4 heteroatoms. The quantitative estimate of drug-likeness (QED) is 0.470. The Kier molecular flexibility index (Phi) is 8.83. The van der Waals surface area contributed by atoms with E-state index in [1.165, 1.54) is 12.5 Å². The zero-order valence-corrected chi connectivity index (χ0v) is 16.8. The summed E-state index contributed by atoms with van der Waals surface area (Å²) in [5.74, 6) is -2.32. The van der Waals surface area contributed by atoms with Gasteiger partial charge in [0.1, 0.15) is 6.10 Å². The molecule has 0 aliphatic carbocycles. The number of aliphatic carboxylic acids is 1. The summed E-state index contributed by atoms with van der Waals surface area (Å²) in [6.45, 7) is 9.89. The standard InChI is InChI=1S/C22H34O4/c1-6-7-8-9-19(21(24)25)20(26-16(2)23)15-12-17-10-13-18(14-11-17)22(3,4)5/h10-11,13-14,19-20H,6-9,12,15H2,1-5H3,(H,24,25)/p-1. The van der Waals surface area contributed by atoms with E-state index in [4.69, 9.17) is 4.74 Å². The number of hydrogen-bond donors (Lipinski definition) is 0. The minimum absolute atomic E-state index is 0.0954. The fourth-order valence-corrected chi connectivity index (χ4v) is 3.11. The molecule has 26 heavy (non-hydrogen) atoms. The summed E-state index contributed by atoms with van der Waals surface area (Å²) in [5.41, 5.74) is 2.46. The van der Waals surface area contributed by atoms with Gasteiger partial charge in [0, 0.05) is 18.8 Å². The Labute approximate surface area is 158 Å². The van der Waals surface area contributed by atoms with Crippen molar-refractivity contribution >= 4 is 11.9 Å². The Morgan fingerprint density at radius 3 is 2.15 bits per heavy atom. The third kappa shape index (κ3) is 7.59. The van der Waals surface area contributed by atoms with Gasteiger partial charge in [0.05, 0.1) is 0 Å². The van der Waals surface area contributed by atoms with Crippen LogP contribution in [0.3, 0.4) is 0 Å². The zero-order valence-electron chi connectivity index (χ0n) is 16.8. The van der Waals surface area contributed by atoms with E-state index in [1.54, 1.807) is 0 Å². The van der Waals surface area contributed by atoms with Crippen LogP contribution in [0.4, 0.5) is 0 Å². The summed E-state index contributed by atoms with van der Waals surface area (Å²) < 4.78 is 5.34. The first kappa shape index (κ1) is 22.2. The summed E-state index contributed by atoms with van der Waals surface area (Å²) in [4.78, 5) is 23.0. The Hall–Kier alpha value is -1.84. The zero-order chi connectivity index (χ0) is 19.7. The average molecular weight is 362 g/mol. The second kappa shape index (κ2) is 10.3. The maximum absolute atomic E-state index is 11.6. The molecule has 0 aliphatic rings. The van der Waals surface area contributed by atoms with Crippen LogP contribution in [0.5, 0.6) is 0 Å². The topological polar surface area (TPSA) is 66.4 Å². The van der Waals surface area contributed by atoms with Gasteiger partial charge in [-0.2, -0.15) is 0 Å². The largest absolute Gasteiger partial charge is 0.550 e. The first-order valence-corrected chi connectivity index (χ1v) is 9.62. The van der Waals surface area contributed by atoms with Gasteiger partial charge >= 0.3 is 5.97 Å². The van der Waals surface area contributed by atoms with Crippen LogP contribution in [-0.2, 0) is 26.2 Å². The van der Waals surface area contributed by atoms with E-state index >= 15 is 0 Å². The van der Waals surface area contributed by atoms with Crippen molar-refractivity contribution in [1.29, 1.82) is 0 Å². The van der Waals surface area contributed by atoms with Crippen LogP contribution in [0.15, 0.2) is 24.3 Å². The second-order valence-corrected chi connectivity index (χ2v) is 8.05. The summed E-state index contributed by atoms with van der Waals surface area (Å²) in [5, 5.41) is 11.6. The third-order valence-electron chi connectivity index (χ3n) is 4.73. The molecule has 0 radical (unpaired) electrons. The molecule has 0 saturated heterocycles. The molecule has 4 nitrogen and oxygen atoms in total. The molecule has 0 N–H and O–H groups in total. The van der Waals surface area contributed by atoms with Crippen LogP contribution in [0.25, 0.3) is 0 Å². The molecular formula is C22H33O4-. The highest BCUT2D eigenvalue weighted by Crippen LogP contribution is 2.24. The first-order chi connectivity index (χ1) is 12.1. The van der Waals surface area contributed by atoms with Crippen LogP contribution in [0, 0.1) is 5.92 Å². The predicted molar refractivity (Wildman–Crippen MR) is 102 cm³/mol. The molecular weight excluding hydrogens is 328 g/mol. The normalized spacial score (nSPS) is 13.9. The van der Waals surface area contributed by atoms with Gasteiger partial charge < -0.3 is 14.6 Å². The number of unbranched alkanes of at least 4 members (excludes halogenated alkanes) is 2. The van der Waals surface area contributed by atoms with Crippen LogP contribution in [0.2, 0.25) is 0 Å². The molecule has 1 aromatic rings. The van der Waals surface area contributed by atoms with Gasteiger partial charge in [-0.1, -0.05) is 71.2 Å². The van der Waals surface area contributed by atoms with Crippen LogP contribution >= 0.6 is 0 Å². The van der Waals surface area contributed by atoms with Gasteiger partial charge in [-0.3, -0.25) is 4.79 Å². The fraction of sp³-hybridized carbons (Fsp3) is 0.636. The lowest BCUT2D eigenvalue weighted by Crippen LogP contribution is -2.41.